The van der Waals surface area contributed by atoms with Crippen molar-refractivity contribution in [3.63, 3.8) is 0 Å². The molecule has 0 unspecified atom stereocenters. The smallest absolute Gasteiger partial charge is 0.339 e. The summed E-state index contributed by atoms with van der Waals surface area (Å²) in [5.74, 6) is 0.0810. The van der Waals surface area contributed by atoms with Gasteiger partial charge in [0, 0.05) is 19.2 Å². The Morgan fingerprint density at radius 3 is 2.11 bits per heavy atom. The quantitative estimate of drug-likeness (QED) is 0.436. The van der Waals surface area contributed by atoms with Crippen LogP contribution in [0.1, 0.15) is 44.0 Å². The molecule has 2 aliphatic carbocycles. The third-order valence-electron chi connectivity index (χ3n) is 6.23. The highest BCUT2D eigenvalue weighted by atomic mass is 16.6. The van der Waals surface area contributed by atoms with Gasteiger partial charge in [0.25, 0.3) is 11.4 Å². The highest BCUT2D eigenvalue weighted by Crippen LogP contribution is 2.67. The zero-order valence-electron chi connectivity index (χ0n) is 15.6. The number of hydrogen-bond donors (Lipinski definition) is 0. The molecule has 0 saturated heterocycles. The standard InChI is InChI=1S/C18H22N2O7/c1-17(2)13-8-15(26-4)18(3,9-14(13)17)27-16(21)10-5-11(19(22)23)7-12(6-10)20(24)25/h5-7,13-15H,8-9H2,1-4H3/t13-,14+,15-,18-/m1/s1. The summed E-state index contributed by atoms with van der Waals surface area (Å²) in [5, 5.41) is 22.1. The minimum absolute atomic E-state index is 0.158. The van der Waals surface area contributed by atoms with Crippen LogP contribution in [0.2, 0.25) is 0 Å². The average molecular weight is 378 g/mol. The van der Waals surface area contributed by atoms with Gasteiger partial charge in [0.15, 0.2) is 0 Å². The van der Waals surface area contributed by atoms with E-state index in [4.69, 9.17) is 9.47 Å². The lowest BCUT2D eigenvalue weighted by molar-refractivity contribution is -0.394. The van der Waals surface area contributed by atoms with Crippen molar-refractivity contribution in [3.05, 3.63) is 44.0 Å². The molecular weight excluding hydrogens is 356 g/mol. The monoisotopic (exact) mass is 378 g/mol. The molecule has 9 nitrogen and oxygen atoms in total. The molecule has 2 saturated carbocycles. The lowest BCUT2D eigenvalue weighted by Crippen LogP contribution is -2.47. The molecular formula is C18H22N2O7. The van der Waals surface area contributed by atoms with E-state index in [0.29, 0.717) is 18.3 Å². The fourth-order valence-corrected chi connectivity index (χ4v) is 4.43. The van der Waals surface area contributed by atoms with Crippen molar-refractivity contribution in [1.82, 2.24) is 0 Å². The van der Waals surface area contributed by atoms with E-state index in [2.05, 4.69) is 13.8 Å². The van der Waals surface area contributed by atoms with Crippen LogP contribution < -0.4 is 0 Å². The van der Waals surface area contributed by atoms with E-state index in [-0.39, 0.29) is 17.1 Å². The van der Waals surface area contributed by atoms with Gasteiger partial charge in [-0.3, -0.25) is 20.2 Å². The maximum atomic E-state index is 12.7. The van der Waals surface area contributed by atoms with Crippen molar-refractivity contribution in [2.45, 2.75) is 45.3 Å². The van der Waals surface area contributed by atoms with Crippen LogP contribution in [0, 0.1) is 37.5 Å². The van der Waals surface area contributed by atoms with Crippen molar-refractivity contribution >= 4 is 17.3 Å². The number of methoxy groups -OCH3 is 1. The molecule has 0 N–H and O–H groups in total. The molecule has 0 bridgehead atoms. The van der Waals surface area contributed by atoms with Gasteiger partial charge in [0.1, 0.15) is 5.60 Å². The van der Waals surface area contributed by atoms with E-state index in [9.17, 15) is 25.0 Å². The second kappa shape index (κ2) is 6.26. The first-order valence-corrected chi connectivity index (χ1v) is 8.69. The Hall–Kier alpha value is -2.55. The van der Waals surface area contributed by atoms with Crippen molar-refractivity contribution in [3.8, 4) is 0 Å². The molecule has 0 aromatic heterocycles. The molecule has 0 spiro atoms. The number of nitro groups is 2. The van der Waals surface area contributed by atoms with Gasteiger partial charge in [-0.05, 0) is 37.0 Å². The van der Waals surface area contributed by atoms with Gasteiger partial charge in [-0.15, -0.1) is 0 Å². The Morgan fingerprint density at radius 1 is 1.07 bits per heavy atom. The van der Waals surface area contributed by atoms with Crippen LogP contribution in [0.5, 0.6) is 0 Å². The number of nitrogens with zero attached hydrogens (tertiary/aromatic N) is 2. The Morgan fingerprint density at radius 2 is 1.63 bits per heavy atom. The molecule has 27 heavy (non-hydrogen) atoms. The Labute approximate surface area is 155 Å². The maximum Gasteiger partial charge on any atom is 0.339 e. The summed E-state index contributed by atoms with van der Waals surface area (Å²) in [7, 11) is 1.56. The molecule has 1 aromatic rings. The summed E-state index contributed by atoms with van der Waals surface area (Å²) < 4.78 is 11.3. The van der Waals surface area contributed by atoms with E-state index in [0.717, 1.165) is 24.6 Å². The number of carbonyl (C=O) groups is 1. The molecule has 0 radical (unpaired) electrons. The van der Waals surface area contributed by atoms with Gasteiger partial charge in [0.2, 0.25) is 0 Å². The van der Waals surface area contributed by atoms with Gasteiger partial charge in [0.05, 0.1) is 27.6 Å². The van der Waals surface area contributed by atoms with Crippen LogP contribution in [0.15, 0.2) is 18.2 Å². The second-order valence-corrected chi connectivity index (χ2v) is 8.15. The van der Waals surface area contributed by atoms with Crippen LogP contribution in [0.3, 0.4) is 0 Å². The van der Waals surface area contributed by atoms with E-state index >= 15 is 0 Å². The highest BCUT2D eigenvalue weighted by Gasteiger charge is 2.65. The average Bonchev–Trinajstić information content (AvgIpc) is 3.11. The highest BCUT2D eigenvalue weighted by molar-refractivity contribution is 5.91. The summed E-state index contributed by atoms with van der Waals surface area (Å²) in [6.07, 6.45) is 1.07. The van der Waals surface area contributed by atoms with Crippen LogP contribution in [0.4, 0.5) is 11.4 Å². The second-order valence-electron chi connectivity index (χ2n) is 8.15. The minimum Gasteiger partial charge on any atom is -0.453 e. The molecule has 0 amide bonds. The van der Waals surface area contributed by atoms with Crippen molar-refractivity contribution < 1.29 is 24.1 Å². The normalized spacial score (nSPS) is 30.9. The van der Waals surface area contributed by atoms with Gasteiger partial charge in [-0.1, -0.05) is 13.8 Å². The number of non-ortho nitro benzene ring substituents is 2. The molecule has 146 valence electrons. The van der Waals surface area contributed by atoms with Gasteiger partial charge < -0.3 is 9.47 Å². The fourth-order valence-electron chi connectivity index (χ4n) is 4.43. The molecule has 3 rings (SSSR count). The maximum absolute atomic E-state index is 12.7. The molecule has 4 atom stereocenters. The molecule has 2 fully saturated rings. The fraction of sp³-hybridized carbons (Fsp3) is 0.611. The van der Waals surface area contributed by atoms with Crippen molar-refractivity contribution in [2.75, 3.05) is 7.11 Å². The number of carbonyl (C=O) groups excluding carboxylic acids is 1. The first-order chi connectivity index (χ1) is 12.5. The predicted molar refractivity (Wildman–Crippen MR) is 94.4 cm³/mol. The summed E-state index contributed by atoms with van der Waals surface area (Å²) >= 11 is 0. The number of fused-ring (bicyclic) bond motifs is 1. The van der Waals surface area contributed by atoms with Crippen molar-refractivity contribution in [2.24, 2.45) is 17.3 Å². The SMILES string of the molecule is CO[C@@H]1C[C@@H]2[C@H](C[C@@]1(C)OC(=O)c1cc([N+](=O)[O-])cc([N+](=O)[O-])c1)C2(C)C. The number of hydrogen-bond acceptors (Lipinski definition) is 7. The zero-order chi connectivity index (χ0) is 20.1. The Bertz CT molecular complexity index is 790. The molecule has 2 aliphatic rings. The third kappa shape index (κ3) is 3.27. The summed E-state index contributed by atoms with van der Waals surface area (Å²) in [6.45, 7) is 6.13. The molecule has 0 heterocycles. The molecule has 9 heteroatoms. The number of benzene rings is 1. The largest absolute Gasteiger partial charge is 0.453 e. The van der Waals surface area contributed by atoms with E-state index < -0.39 is 32.8 Å². The predicted octanol–water partition coefficient (Wildman–Crippen LogP) is 3.50. The topological polar surface area (TPSA) is 122 Å². The van der Waals surface area contributed by atoms with Crippen molar-refractivity contribution in [1.29, 1.82) is 0 Å². The summed E-state index contributed by atoms with van der Waals surface area (Å²) in [5.41, 5.74) is -2.02. The summed E-state index contributed by atoms with van der Waals surface area (Å²) in [6, 6.07) is 2.80. The lowest BCUT2D eigenvalue weighted by Gasteiger charge is -2.39. The number of esters is 1. The van der Waals surface area contributed by atoms with E-state index in [1.807, 2.05) is 0 Å². The Kier molecular flexibility index (Phi) is 4.46. The zero-order valence-corrected chi connectivity index (χ0v) is 15.6. The molecule has 0 aliphatic heterocycles. The summed E-state index contributed by atoms with van der Waals surface area (Å²) in [4.78, 5) is 33.2. The number of ether oxygens (including phenoxy) is 2. The van der Waals surface area contributed by atoms with Crippen LogP contribution in [0.25, 0.3) is 0 Å². The van der Waals surface area contributed by atoms with Gasteiger partial charge in [-0.2, -0.15) is 0 Å². The van der Waals surface area contributed by atoms with Crippen LogP contribution in [-0.2, 0) is 9.47 Å². The van der Waals surface area contributed by atoms with Crippen LogP contribution >= 0.6 is 0 Å². The van der Waals surface area contributed by atoms with Gasteiger partial charge >= 0.3 is 5.97 Å². The lowest BCUT2D eigenvalue weighted by atomic mass is 9.83. The van der Waals surface area contributed by atoms with E-state index in [1.54, 1.807) is 14.0 Å². The van der Waals surface area contributed by atoms with Gasteiger partial charge in [-0.25, -0.2) is 4.79 Å². The minimum atomic E-state index is -0.903. The third-order valence-corrected chi connectivity index (χ3v) is 6.23. The number of nitro benzene ring substituents is 2. The number of rotatable bonds is 5. The van der Waals surface area contributed by atoms with E-state index in [1.165, 1.54) is 0 Å². The first-order valence-electron chi connectivity index (χ1n) is 8.69. The molecule has 1 aromatic carbocycles. The first kappa shape index (κ1) is 19.2. The van der Waals surface area contributed by atoms with Crippen LogP contribution in [-0.4, -0.2) is 34.6 Å². The Balaban J connectivity index is 1.88.